The number of benzene rings is 1. The highest BCUT2D eigenvalue weighted by atomic mass is 32.1. The molecule has 0 saturated heterocycles. The lowest BCUT2D eigenvalue weighted by molar-refractivity contribution is -0.274. The summed E-state index contributed by atoms with van der Waals surface area (Å²) < 4.78 is 40.7. The van der Waals surface area contributed by atoms with E-state index in [2.05, 4.69) is 15.0 Å². The van der Waals surface area contributed by atoms with Crippen LogP contribution in [0.1, 0.15) is 19.3 Å². The van der Waals surface area contributed by atoms with Crippen LogP contribution in [-0.4, -0.2) is 28.3 Å². The topological polar surface area (TPSA) is 88.5 Å². The fourth-order valence-corrected chi connectivity index (χ4v) is 2.65. The number of alkyl halides is 3. The Morgan fingerprint density at radius 1 is 1.30 bits per heavy atom. The van der Waals surface area contributed by atoms with Crippen molar-refractivity contribution in [1.82, 2.24) is 4.98 Å². The summed E-state index contributed by atoms with van der Waals surface area (Å²) in [7, 11) is 0. The summed E-state index contributed by atoms with van der Waals surface area (Å²) in [5.74, 6) is -1.76. The van der Waals surface area contributed by atoms with Crippen LogP contribution >= 0.6 is 11.3 Å². The van der Waals surface area contributed by atoms with E-state index in [0.717, 1.165) is 17.4 Å². The van der Waals surface area contributed by atoms with Gasteiger partial charge in [-0.05, 0) is 18.6 Å². The number of rotatable bonds is 6. The van der Waals surface area contributed by atoms with Gasteiger partial charge in [-0.15, -0.1) is 13.2 Å². The molecule has 0 fully saturated rings. The molecule has 0 spiro atoms. The number of thiazole rings is 1. The Kier molecular flexibility index (Phi) is 5.04. The Bertz CT molecular complexity index is 730. The fourth-order valence-electron chi connectivity index (χ4n) is 1.74. The number of carbonyl (C=O) groups excluding carboxylic acids is 1. The van der Waals surface area contributed by atoms with E-state index in [1.807, 2.05) is 0 Å². The number of amides is 1. The first-order valence-electron chi connectivity index (χ1n) is 6.41. The first kappa shape index (κ1) is 17.0. The molecule has 0 radical (unpaired) electrons. The molecule has 1 aromatic carbocycles. The van der Waals surface area contributed by atoms with E-state index >= 15 is 0 Å². The molecule has 2 N–H and O–H groups in total. The van der Waals surface area contributed by atoms with Crippen LogP contribution in [0.4, 0.5) is 18.3 Å². The van der Waals surface area contributed by atoms with Gasteiger partial charge < -0.3 is 15.2 Å². The molecule has 0 aliphatic heterocycles. The first-order chi connectivity index (χ1) is 10.7. The quantitative estimate of drug-likeness (QED) is 0.835. The number of hydrogen-bond acceptors (Lipinski definition) is 5. The lowest BCUT2D eigenvalue weighted by Crippen LogP contribution is -2.16. The molecular formula is C13H11F3N2O4S. The van der Waals surface area contributed by atoms with Gasteiger partial charge >= 0.3 is 12.3 Å². The van der Waals surface area contributed by atoms with Crippen LogP contribution in [0.15, 0.2) is 18.2 Å². The number of hydrogen-bond donors (Lipinski definition) is 2. The molecule has 6 nitrogen and oxygen atoms in total. The highest BCUT2D eigenvalue weighted by Crippen LogP contribution is 2.31. The second-order valence-electron chi connectivity index (χ2n) is 4.49. The van der Waals surface area contributed by atoms with Crippen LogP contribution in [0.5, 0.6) is 5.75 Å². The maximum absolute atomic E-state index is 12.2. The fraction of sp³-hybridized carbons (Fsp3) is 0.308. The van der Waals surface area contributed by atoms with Crippen molar-refractivity contribution < 1.29 is 32.6 Å². The number of carboxylic acids is 1. The number of aromatic nitrogens is 1. The lowest BCUT2D eigenvalue weighted by atomic mass is 10.2. The molecular weight excluding hydrogens is 337 g/mol. The molecule has 0 aliphatic rings. The van der Waals surface area contributed by atoms with E-state index in [0.29, 0.717) is 10.2 Å². The zero-order valence-corrected chi connectivity index (χ0v) is 12.3. The predicted octanol–water partition coefficient (Wildman–Crippen LogP) is 3.39. The Morgan fingerprint density at radius 2 is 2.04 bits per heavy atom. The van der Waals surface area contributed by atoms with Gasteiger partial charge in [0.2, 0.25) is 5.91 Å². The number of carbonyl (C=O) groups is 2. The van der Waals surface area contributed by atoms with Crippen molar-refractivity contribution in [2.24, 2.45) is 0 Å². The zero-order valence-electron chi connectivity index (χ0n) is 11.5. The van der Waals surface area contributed by atoms with E-state index in [1.165, 1.54) is 12.1 Å². The van der Waals surface area contributed by atoms with Gasteiger partial charge in [-0.3, -0.25) is 9.59 Å². The van der Waals surface area contributed by atoms with E-state index in [1.54, 1.807) is 0 Å². The summed E-state index contributed by atoms with van der Waals surface area (Å²) in [4.78, 5) is 26.0. The first-order valence-corrected chi connectivity index (χ1v) is 7.22. The van der Waals surface area contributed by atoms with Crippen molar-refractivity contribution in [3.8, 4) is 5.75 Å². The summed E-state index contributed by atoms with van der Waals surface area (Å²) in [5.41, 5.74) is 0.422. The van der Waals surface area contributed by atoms with Crippen LogP contribution in [0.2, 0.25) is 0 Å². The number of ether oxygens (including phenoxy) is 1. The average Bonchev–Trinajstić information content (AvgIpc) is 2.77. The van der Waals surface area contributed by atoms with Gasteiger partial charge in [-0.2, -0.15) is 0 Å². The number of aliphatic carboxylic acids is 1. The smallest absolute Gasteiger partial charge is 0.481 e. The van der Waals surface area contributed by atoms with Gasteiger partial charge in [0.1, 0.15) is 5.75 Å². The Labute approximate surface area is 131 Å². The number of nitrogens with zero attached hydrogens (tertiary/aromatic N) is 1. The molecule has 2 rings (SSSR count). The molecule has 0 saturated carbocycles. The third-order valence-corrected chi connectivity index (χ3v) is 3.57. The largest absolute Gasteiger partial charge is 0.573 e. The van der Waals surface area contributed by atoms with Gasteiger partial charge in [0, 0.05) is 18.9 Å². The maximum Gasteiger partial charge on any atom is 0.573 e. The minimum atomic E-state index is -4.78. The van der Waals surface area contributed by atoms with Crippen LogP contribution in [0.3, 0.4) is 0 Å². The standard InChI is InChI=1S/C13H11F3N2O4S/c14-13(15,16)22-7-4-5-8-9(6-7)23-12(17-8)18-10(19)2-1-3-11(20)21/h4-6H,1-3H2,(H,20,21)(H,17,18,19). The van der Waals surface area contributed by atoms with Crippen molar-refractivity contribution in [1.29, 1.82) is 0 Å². The SMILES string of the molecule is O=C(O)CCCC(=O)Nc1nc2ccc(OC(F)(F)F)cc2s1. The third-order valence-electron chi connectivity index (χ3n) is 2.63. The molecule has 0 atom stereocenters. The van der Waals surface area contributed by atoms with Crippen molar-refractivity contribution >= 4 is 38.6 Å². The van der Waals surface area contributed by atoms with Crippen LogP contribution in [-0.2, 0) is 9.59 Å². The van der Waals surface area contributed by atoms with Crippen molar-refractivity contribution in [3.63, 3.8) is 0 Å². The van der Waals surface area contributed by atoms with E-state index in [-0.39, 0.29) is 30.1 Å². The summed E-state index contributed by atoms with van der Waals surface area (Å²) in [6.07, 6.45) is -4.69. The predicted molar refractivity (Wildman–Crippen MR) is 76.4 cm³/mol. The summed E-state index contributed by atoms with van der Waals surface area (Å²) in [6, 6.07) is 3.67. The molecule has 1 amide bonds. The lowest BCUT2D eigenvalue weighted by Gasteiger charge is -2.07. The van der Waals surface area contributed by atoms with E-state index < -0.39 is 18.2 Å². The number of carboxylic acid groups (broad SMARTS) is 1. The second-order valence-corrected chi connectivity index (χ2v) is 5.52. The number of halogens is 3. The van der Waals surface area contributed by atoms with E-state index in [9.17, 15) is 22.8 Å². The highest BCUT2D eigenvalue weighted by Gasteiger charge is 2.31. The summed E-state index contributed by atoms with van der Waals surface area (Å²) in [5, 5.41) is 11.2. The molecule has 1 aromatic heterocycles. The Hall–Kier alpha value is -2.36. The van der Waals surface area contributed by atoms with Crippen molar-refractivity contribution in [2.75, 3.05) is 5.32 Å². The average molecular weight is 348 g/mol. The van der Waals surface area contributed by atoms with Gasteiger partial charge in [-0.25, -0.2) is 4.98 Å². The molecule has 23 heavy (non-hydrogen) atoms. The zero-order chi connectivity index (χ0) is 17.0. The Balaban J connectivity index is 2.02. The van der Waals surface area contributed by atoms with Crippen LogP contribution in [0, 0.1) is 0 Å². The third kappa shape index (κ3) is 5.40. The van der Waals surface area contributed by atoms with Gasteiger partial charge in [0.25, 0.3) is 0 Å². The Morgan fingerprint density at radius 3 is 2.70 bits per heavy atom. The summed E-state index contributed by atoms with van der Waals surface area (Å²) in [6.45, 7) is 0. The minimum absolute atomic E-state index is 0.0185. The summed E-state index contributed by atoms with van der Waals surface area (Å²) >= 11 is 0.999. The molecule has 0 bridgehead atoms. The monoisotopic (exact) mass is 348 g/mol. The molecule has 2 aromatic rings. The van der Waals surface area contributed by atoms with Gasteiger partial charge in [0.15, 0.2) is 5.13 Å². The van der Waals surface area contributed by atoms with Crippen molar-refractivity contribution in [3.05, 3.63) is 18.2 Å². The molecule has 1 heterocycles. The maximum atomic E-state index is 12.2. The number of anilines is 1. The molecule has 10 heteroatoms. The van der Waals surface area contributed by atoms with Crippen LogP contribution in [0.25, 0.3) is 10.2 Å². The highest BCUT2D eigenvalue weighted by molar-refractivity contribution is 7.22. The molecule has 0 aliphatic carbocycles. The molecule has 124 valence electrons. The minimum Gasteiger partial charge on any atom is -0.481 e. The van der Waals surface area contributed by atoms with Crippen LogP contribution < -0.4 is 10.1 Å². The number of fused-ring (bicyclic) bond motifs is 1. The van der Waals surface area contributed by atoms with E-state index in [4.69, 9.17) is 5.11 Å². The second kappa shape index (κ2) is 6.82. The molecule has 0 unspecified atom stereocenters. The normalized spacial score (nSPS) is 11.4. The van der Waals surface area contributed by atoms with Gasteiger partial charge in [0.05, 0.1) is 10.2 Å². The number of nitrogens with one attached hydrogen (secondary N) is 1. The van der Waals surface area contributed by atoms with Gasteiger partial charge in [-0.1, -0.05) is 11.3 Å². The van der Waals surface area contributed by atoms with Crippen molar-refractivity contribution in [2.45, 2.75) is 25.6 Å².